The summed E-state index contributed by atoms with van der Waals surface area (Å²) in [5, 5.41) is 13.2. The molecule has 0 amide bonds. The summed E-state index contributed by atoms with van der Waals surface area (Å²) < 4.78 is 20.5. The molecule has 7 heteroatoms. The molecule has 5 nitrogen and oxygen atoms in total. The van der Waals surface area contributed by atoms with Gasteiger partial charge in [0.2, 0.25) is 5.16 Å². The summed E-state index contributed by atoms with van der Waals surface area (Å²) in [5.41, 5.74) is 0.658. The largest absolute Gasteiger partial charge is 0.486 e. The van der Waals surface area contributed by atoms with E-state index in [9.17, 15) is 4.39 Å². The number of benzene rings is 2. The van der Waals surface area contributed by atoms with Gasteiger partial charge in [0.1, 0.15) is 18.2 Å². The van der Waals surface area contributed by atoms with E-state index < -0.39 is 0 Å². The summed E-state index contributed by atoms with van der Waals surface area (Å²) >= 11 is 1.42. The van der Waals surface area contributed by atoms with Crippen LogP contribution in [0, 0.1) is 5.82 Å². The summed E-state index contributed by atoms with van der Waals surface area (Å²) in [6, 6.07) is 15.7. The molecule has 0 saturated carbocycles. The standard InChI is InChI=1S/C17H15FN4OS/c1-24-17-21-20-16(12-23-15-8-3-2-4-9-15)22(17)19-11-13-6-5-7-14(18)10-13/h2-11H,12H2,1H3/b19-11-. The van der Waals surface area contributed by atoms with Crippen LogP contribution in [-0.2, 0) is 6.61 Å². The lowest BCUT2D eigenvalue weighted by Crippen LogP contribution is -2.04. The van der Waals surface area contributed by atoms with Crippen LogP contribution in [0.15, 0.2) is 64.9 Å². The van der Waals surface area contributed by atoms with E-state index in [1.54, 1.807) is 23.0 Å². The fourth-order valence-electron chi connectivity index (χ4n) is 2.00. The molecule has 0 aliphatic carbocycles. The summed E-state index contributed by atoms with van der Waals surface area (Å²) in [6.45, 7) is 0.234. The number of thioether (sulfide) groups is 1. The molecule has 24 heavy (non-hydrogen) atoms. The van der Waals surface area contributed by atoms with Crippen molar-refractivity contribution in [3.8, 4) is 5.75 Å². The molecule has 0 aliphatic heterocycles. The second-order valence-corrected chi connectivity index (χ2v) is 5.59. The van der Waals surface area contributed by atoms with E-state index in [2.05, 4.69) is 15.3 Å². The number of rotatable bonds is 6. The van der Waals surface area contributed by atoms with Gasteiger partial charge in [0.15, 0.2) is 5.82 Å². The molecule has 2 aromatic carbocycles. The third-order valence-corrected chi connectivity index (χ3v) is 3.76. The molecule has 0 bridgehead atoms. The first-order valence-corrected chi connectivity index (χ1v) is 8.45. The van der Waals surface area contributed by atoms with Gasteiger partial charge in [-0.05, 0) is 36.1 Å². The maximum Gasteiger partial charge on any atom is 0.211 e. The molecule has 0 N–H and O–H groups in total. The monoisotopic (exact) mass is 342 g/mol. The average Bonchev–Trinajstić information content (AvgIpc) is 3.01. The maximum atomic E-state index is 13.2. The zero-order chi connectivity index (χ0) is 16.8. The van der Waals surface area contributed by atoms with Crippen LogP contribution >= 0.6 is 11.8 Å². The van der Waals surface area contributed by atoms with Gasteiger partial charge in [0.25, 0.3) is 0 Å². The molecule has 0 aliphatic rings. The molecule has 0 spiro atoms. The molecule has 0 unspecified atom stereocenters. The Morgan fingerprint density at radius 3 is 2.75 bits per heavy atom. The number of aromatic nitrogens is 3. The smallest absolute Gasteiger partial charge is 0.211 e. The van der Waals surface area contributed by atoms with Crippen LogP contribution in [0.1, 0.15) is 11.4 Å². The number of hydrogen-bond acceptors (Lipinski definition) is 5. The second-order valence-electron chi connectivity index (χ2n) is 4.82. The van der Waals surface area contributed by atoms with Crippen molar-refractivity contribution < 1.29 is 9.13 Å². The highest BCUT2D eigenvalue weighted by atomic mass is 32.2. The summed E-state index contributed by atoms with van der Waals surface area (Å²) in [4.78, 5) is 0. The minimum atomic E-state index is -0.305. The van der Waals surface area contributed by atoms with Crippen molar-refractivity contribution in [1.29, 1.82) is 0 Å². The van der Waals surface area contributed by atoms with Crippen molar-refractivity contribution in [1.82, 2.24) is 14.9 Å². The van der Waals surface area contributed by atoms with E-state index in [0.29, 0.717) is 16.5 Å². The second kappa shape index (κ2) is 7.74. The third-order valence-electron chi connectivity index (χ3n) is 3.14. The van der Waals surface area contributed by atoms with Crippen LogP contribution in [0.5, 0.6) is 5.75 Å². The maximum absolute atomic E-state index is 13.2. The average molecular weight is 342 g/mol. The van der Waals surface area contributed by atoms with Gasteiger partial charge in [-0.25, -0.2) is 4.39 Å². The molecule has 3 aromatic rings. The first-order valence-electron chi connectivity index (χ1n) is 7.22. The Hall–Kier alpha value is -2.67. The Bertz CT molecular complexity index is 836. The number of nitrogens with zero attached hydrogens (tertiary/aromatic N) is 4. The Labute approximate surface area is 143 Å². The zero-order valence-corrected chi connectivity index (χ0v) is 13.8. The van der Waals surface area contributed by atoms with Crippen LogP contribution in [0.4, 0.5) is 4.39 Å². The summed E-state index contributed by atoms with van der Waals surface area (Å²) in [7, 11) is 0. The van der Waals surface area contributed by atoms with Gasteiger partial charge < -0.3 is 4.74 Å². The van der Waals surface area contributed by atoms with E-state index in [1.807, 2.05) is 36.6 Å². The van der Waals surface area contributed by atoms with Crippen molar-refractivity contribution in [2.75, 3.05) is 6.26 Å². The Kier molecular flexibility index (Phi) is 5.22. The SMILES string of the molecule is CSc1nnc(COc2ccccc2)n1/N=C\c1cccc(F)c1. The van der Waals surface area contributed by atoms with Crippen LogP contribution in [0.2, 0.25) is 0 Å². The number of hydrogen-bond donors (Lipinski definition) is 0. The van der Waals surface area contributed by atoms with Crippen molar-refractivity contribution >= 4 is 18.0 Å². The Balaban J connectivity index is 1.80. The molecular formula is C17H15FN4OS. The summed E-state index contributed by atoms with van der Waals surface area (Å²) in [6.07, 6.45) is 3.46. The number of halogens is 1. The molecule has 0 radical (unpaired) electrons. The van der Waals surface area contributed by atoms with Crippen molar-refractivity contribution in [2.45, 2.75) is 11.8 Å². The van der Waals surface area contributed by atoms with Crippen molar-refractivity contribution in [3.63, 3.8) is 0 Å². The predicted molar refractivity (Wildman–Crippen MR) is 92.0 cm³/mol. The van der Waals surface area contributed by atoms with Gasteiger partial charge >= 0.3 is 0 Å². The van der Waals surface area contributed by atoms with Crippen LogP contribution in [0.3, 0.4) is 0 Å². The van der Waals surface area contributed by atoms with Crippen molar-refractivity contribution in [2.24, 2.45) is 5.10 Å². The van der Waals surface area contributed by atoms with Crippen LogP contribution < -0.4 is 4.74 Å². The van der Waals surface area contributed by atoms with E-state index in [4.69, 9.17) is 4.74 Å². The molecule has 0 saturated heterocycles. The fourth-order valence-corrected chi connectivity index (χ4v) is 2.45. The highest BCUT2D eigenvalue weighted by Gasteiger charge is 2.11. The predicted octanol–water partition coefficient (Wildman–Crippen LogP) is 3.60. The van der Waals surface area contributed by atoms with E-state index in [-0.39, 0.29) is 12.4 Å². The fraction of sp³-hybridized carbons (Fsp3) is 0.118. The van der Waals surface area contributed by atoms with E-state index >= 15 is 0 Å². The highest BCUT2D eigenvalue weighted by molar-refractivity contribution is 7.98. The minimum Gasteiger partial charge on any atom is -0.486 e. The van der Waals surface area contributed by atoms with Gasteiger partial charge in [-0.15, -0.1) is 10.2 Å². The van der Waals surface area contributed by atoms with Gasteiger partial charge in [-0.1, -0.05) is 42.1 Å². The lowest BCUT2D eigenvalue weighted by atomic mass is 10.2. The van der Waals surface area contributed by atoms with Gasteiger partial charge in [-0.2, -0.15) is 9.78 Å². The molecule has 1 aromatic heterocycles. The normalized spacial score (nSPS) is 11.1. The molecule has 3 rings (SSSR count). The van der Waals surface area contributed by atoms with Crippen LogP contribution in [-0.4, -0.2) is 27.3 Å². The Morgan fingerprint density at radius 2 is 2.00 bits per heavy atom. The third kappa shape index (κ3) is 3.99. The zero-order valence-electron chi connectivity index (χ0n) is 13.0. The summed E-state index contributed by atoms with van der Waals surface area (Å²) in [5.74, 6) is 1.00. The minimum absolute atomic E-state index is 0.234. The molecule has 1 heterocycles. The molecule has 0 atom stereocenters. The number of ether oxygens (including phenoxy) is 1. The van der Waals surface area contributed by atoms with E-state index in [0.717, 1.165) is 5.75 Å². The van der Waals surface area contributed by atoms with Gasteiger partial charge in [0.05, 0.1) is 6.21 Å². The van der Waals surface area contributed by atoms with Crippen LogP contribution in [0.25, 0.3) is 0 Å². The molecular weight excluding hydrogens is 327 g/mol. The number of para-hydroxylation sites is 1. The topological polar surface area (TPSA) is 52.3 Å². The Morgan fingerprint density at radius 1 is 1.17 bits per heavy atom. The quantitative estimate of drug-likeness (QED) is 0.507. The van der Waals surface area contributed by atoms with Gasteiger partial charge in [-0.3, -0.25) is 0 Å². The van der Waals surface area contributed by atoms with Gasteiger partial charge in [0, 0.05) is 0 Å². The van der Waals surface area contributed by atoms with Crippen molar-refractivity contribution in [3.05, 3.63) is 71.8 Å². The molecule has 0 fully saturated rings. The highest BCUT2D eigenvalue weighted by Crippen LogP contribution is 2.16. The van der Waals surface area contributed by atoms with E-state index in [1.165, 1.54) is 23.9 Å². The lowest BCUT2D eigenvalue weighted by molar-refractivity contribution is 0.290. The first kappa shape index (κ1) is 16.2. The molecule has 122 valence electrons. The first-order chi connectivity index (χ1) is 11.8. The lowest BCUT2D eigenvalue weighted by Gasteiger charge is -2.06.